The zero-order valence-electron chi connectivity index (χ0n) is 12.7. The highest BCUT2D eigenvalue weighted by atomic mass is 16.5. The molecule has 0 bridgehead atoms. The highest BCUT2D eigenvalue weighted by molar-refractivity contribution is 5.41. The molecule has 1 aliphatic rings. The predicted molar refractivity (Wildman–Crippen MR) is 78.7 cm³/mol. The third-order valence-electron chi connectivity index (χ3n) is 2.82. The van der Waals surface area contributed by atoms with E-state index in [-0.39, 0.29) is 0 Å². The summed E-state index contributed by atoms with van der Waals surface area (Å²) in [6.07, 6.45) is 1.45. The minimum Gasteiger partial charge on any atom is -0.377 e. The summed E-state index contributed by atoms with van der Waals surface area (Å²) in [5.41, 5.74) is 1.03. The monoisotopic (exact) mass is 266 g/mol. The van der Waals surface area contributed by atoms with Crippen LogP contribution < -0.4 is 10.2 Å². The van der Waals surface area contributed by atoms with Crippen molar-refractivity contribution in [2.24, 2.45) is 0 Å². The molecule has 2 rings (SSSR count). The Hall–Kier alpha value is -1.20. The van der Waals surface area contributed by atoms with E-state index < -0.39 is 0 Å². The maximum Gasteiger partial charge on any atom is 0.132 e. The van der Waals surface area contributed by atoms with E-state index >= 15 is 0 Å². The molecule has 2 heterocycles. The van der Waals surface area contributed by atoms with Crippen LogP contribution in [-0.2, 0) is 4.74 Å². The summed E-state index contributed by atoms with van der Waals surface area (Å²) in [5.74, 6) is 1.88. The summed E-state index contributed by atoms with van der Waals surface area (Å²) >= 11 is 0. The lowest BCUT2D eigenvalue weighted by atomic mass is 10.3. The second-order valence-corrected chi connectivity index (χ2v) is 4.73. The van der Waals surface area contributed by atoms with E-state index in [1.54, 1.807) is 0 Å². The van der Waals surface area contributed by atoms with E-state index in [1.807, 2.05) is 40.9 Å². The number of rotatable bonds is 3. The highest BCUT2D eigenvalue weighted by Gasteiger charge is 2.23. The van der Waals surface area contributed by atoms with Gasteiger partial charge in [0, 0.05) is 31.5 Å². The number of aryl methyl sites for hydroxylation is 2. The first-order valence-electron chi connectivity index (χ1n) is 6.88. The average molecular weight is 266 g/mol. The molecule has 1 atom stereocenters. The van der Waals surface area contributed by atoms with Gasteiger partial charge < -0.3 is 15.0 Å². The van der Waals surface area contributed by atoms with Crippen LogP contribution in [0.1, 0.15) is 24.9 Å². The smallest absolute Gasteiger partial charge is 0.132 e. The standard InChI is InChI=1S/C12H19N3O.C2H7N/c1-4-16-11-5-6-15(8-11)12-7-9(2)13-10(3)14-12;1-3-2/h7,11H,4-6,8H2,1-3H3;3H,1-2H3/t11-;/m1./s1. The van der Waals surface area contributed by atoms with Crippen LogP contribution in [-0.4, -0.2) is 49.9 Å². The van der Waals surface area contributed by atoms with Crippen LogP contribution in [0.3, 0.4) is 0 Å². The van der Waals surface area contributed by atoms with Gasteiger partial charge >= 0.3 is 0 Å². The first-order valence-corrected chi connectivity index (χ1v) is 6.88. The molecule has 0 aliphatic carbocycles. The summed E-state index contributed by atoms with van der Waals surface area (Å²) in [5, 5.41) is 2.75. The molecule has 5 heteroatoms. The van der Waals surface area contributed by atoms with Crippen LogP contribution in [0, 0.1) is 13.8 Å². The Kier molecular flexibility index (Phi) is 6.73. The number of ether oxygens (including phenoxy) is 1. The van der Waals surface area contributed by atoms with Crippen molar-refractivity contribution in [3.05, 3.63) is 17.6 Å². The lowest BCUT2D eigenvalue weighted by Gasteiger charge is -2.18. The fourth-order valence-electron chi connectivity index (χ4n) is 2.17. The Bertz CT molecular complexity index is 363. The van der Waals surface area contributed by atoms with Gasteiger partial charge in [0.2, 0.25) is 0 Å². The van der Waals surface area contributed by atoms with Gasteiger partial charge in [0.05, 0.1) is 6.10 Å². The van der Waals surface area contributed by atoms with Crippen LogP contribution in [0.5, 0.6) is 0 Å². The minimum atomic E-state index is 0.362. The Balaban J connectivity index is 0.000000550. The Morgan fingerprint density at radius 2 is 2.05 bits per heavy atom. The van der Waals surface area contributed by atoms with E-state index in [4.69, 9.17) is 4.74 Å². The van der Waals surface area contributed by atoms with Crippen molar-refractivity contribution in [2.45, 2.75) is 33.3 Å². The second-order valence-electron chi connectivity index (χ2n) is 4.73. The Morgan fingerprint density at radius 3 is 2.63 bits per heavy atom. The molecule has 1 aliphatic heterocycles. The highest BCUT2D eigenvalue weighted by Crippen LogP contribution is 2.20. The van der Waals surface area contributed by atoms with Crippen molar-refractivity contribution >= 4 is 5.82 Å². The second kappa shape index (κ2) is 8.07. The Labute approximate surface area is 116 Å². The van der Waals surface area contributed by atoms with Crippen molar-refractivity contribution < 1.29 is 4.74 Å². The van der Waals surface area contributed by atoms with Gasteiger partial charge in [-0.1, -0.05) is 0 Å². The molecule has 1 fully saturated rings. The molecule has 1 aromatic heterocycles. The van der Waals surface area contributed by atoms with Crippen molar-refractivity contribution in [1.82, 2.24) is 15.3 Å². The van der Waals surface area contributed by atoms with Gasteiger partial charge in [-0.15, -0.1) is 0 Å². The molecule has 0 aromatic carbocycles. The molecular formula is C14H26N4O. The molecule has 1 aromatic rings. The summed E-state index contributed by atoms with van der Waals surface area (Å²) in [6.45, 7) is 8.76. The predicted octanol–water partition coefficient (Wildman–Crippen LogP) is 1.54. The van der Waals surface area contributed by atoms with Gasteiger partial charge in [-0.3, -0.25) is 0 Å². The van der Waals surface area contributed by atoms with Gasteiger partial charge in [0.25, 0.3) is 0 Å². The van der Waals surface area contributed by atoms with Crippen molar-refractivity contribution in [3.63, 3.8) is 0 Å². The number of nitrogens with zero attached hydrogens (tertiary/aromatic N) is 3. The quantitative estimate of drug-likeness (QED) is 0.899. The van der Waals surface area contributed by atoms with Crippen LogP contribution in [0.2, 0.25) is 0 Å². The van der Waals surface area contributed by atoms with E-state index in [0.29, 0.717) is 6.10 Å². The number of hydrogen-bond donors (Lipinski definition) is 1. The molecule has 0 saturated carbocycles. The molecule has 0 radical (unpaired) electrons. The summed E-state index contributed by atoms with van der Waals surface area (Å²) in [4.78, 5) is 11.0. The van der Waals surface area contributed by atoms with E-state index in [2.05, 4.69) is 20.2 Å². The first kappa shape index (κ1) is 15.9. The summed E-state index contributed by atoms with van der Waals surface area (Å²) in [6, 6.07) is 2.04. The normalized spacial score (nSPS) is 18.2. The van der Waals surface area contributed by atoms with Gasteiger partial charge in [-0.2, -0.15) is 0 Å². The van der Waals surface area contributed by atoms with Crippen molar-refractivity contribution in [3.8, 4) is 0 Å². The molecule has 19 heavy (non-hydrogen) atoms. The van der Waals surface area contributed by atoms with Crippen molar-refractivity contribution in [1.29, 1.82) is 0 Å². The third-order valence-corrected chi connectivity index (χ3v) is 2.82. The van der Waals surface area contributed by atoms with Crippen molar-refractivity contribution in [2.75, 3.05) is 38.7 Å². The minimum absolute atomic E-state index is 0.362. The van der Waals surface area contributed by atoms with Crippen LogP contribution in [0.4, 0.5) is 5.82 Å². The molecule has 108 valence electrons. The summed E-state index contributed by atoms with van der Waals surface area (Å²) < 4.78 is 5.63. The van der Waals surface area contributed by atoms with Crippen LogP contribution >= 0.6 is 0 Å². The molecule has 0 amide bonds. The molecule has 1 N–H and O–H groups in total. The largest absolute Gasteiger partial charge is 0.377 e. The van der Waals surface area contributed by atoms with Gasteiger partial charge in [0.15, 0.2) is 0 Å². The van der Waals surface area contributed by atoms with E-state index in [1.165, 1.54) is 0 Å². The molecule has 0 spiro atoms. The molecule has 1 saturated heterocycles. The number of anilines is 1. The SMILES string of the molecule is CCO[C@@H]1CCN(c2cc(C)nc(C)n2)C1.CNC. The lowest BCUT2D eigenvalue weighted by molar-refractivity contribution is 0.0787. The fraction of sp³-hybridized carbons (Fsp3) is 0.714. The fourth-order valence-corrected chi connectivity index (χ4v) is 2.17. The molecular weight excluding hydrogens is 240 g/mol. The average Bonchev–Trinajstić information content (AvgIpc) is 2.78. The zero-order chi connectivity index (χ0) is 14.3. The Morgan fingerprint density at radius 1 is 1.37 bits per heavy atom. The third kappa shape index (κ3) is 5.12. The maximum absolute atomic E-state index is 5.63. The maximum atomic E-state index is 5.63. The first-order chi connectivity index (χ1) is 9.10. The van der Waals surface area contributed by atoms with Crippen LogP contribution in [0.25, 0.3) is 0 Å². The van der Waals surface area contributed by atoms with Crippen LogP contribution in [0.15, 0.2) is 6.07 Å². The summed E-state index contributed by atoms with van der Waals surface area (Å²) in [7, 11) is 3.75. The zero-order valence-corrected chi connectivity index (χ0v) is 12.7. The topological polar surface area (TPSA) is 50.3 Å². The van der Waals surface area contributed by atoms with Gasteiger partial charge in [-0.05, 0) is 41.3 Å². The molecule has 0 unspecified atom stereocenters. The number of nitrogens with one attached hydrogen (secondary N) is 1. The number of aromatic nitrogens is 2. The molecule has 5 nitrogen and oxygen atoms in total. The van der Waals surface area contributed by atoms with E-state index in [9.17, 15) is 0 Å². The van der Waals surface area contributed by atoms with Gasteiger partial charge in [-0.25, -0.2) is 9.97 Å². The number of hydrogen-bond acceptors (Lipinski definition) is 5. The lowest BCUT2D eigenvalue weighted by Crippen LogP contribution is -2.24. The van der Waals surface area contributed by atoms with Gasteiger partial charge in [0.1, 0.15) is 11.6 Å². The van der Waals surface area contributed by atoms with E-state index in [0.717, 1.165) is 43.5 Å².